The minimum atomic E-state index is -0.454. The van der Waals surface area contributed by atoms with Crippen molar-refractivity contribution in [2.45, 2.75) is 30.9 Å². The van der Waals surface area contributed by atoms with Crippen LogP contribution in [-0.4, -0.2) is 50.4 Å². The van der Waals surface area contributed by atoms with Crippen molar-refractivity contribution < 1.29 is 14.3 Å². The summed E-state index contributed by atoms with van der Waals surface area (Å²) < 4.78 is 5.71. The average molecular weight is 361 g/mol. The number of nitrogens with one attached hydrogen (secondary N) is 2. The van der Waals surface area contributed by atoms with E-state index in [1.54, 1.807) is 6.92 Å². The summed E-state index contributed by atoms with van der Waals surface area (Å²) in [6, 6.07) is 7.37. The van der Waals surface area contributed by atoms with Crippen LogP contribution in [0.15, 0.2) is 29.4 Å². The molecule has 3 rings (SSSR count). The van der Waals surface area contributed by atoms with Crippen LogP contribution in [0, 0.1) is 6.92 Å². The Morgan fingerprint density at radius 1 is 1.44 bits per heavy atom. The molecule has 1 aliphatic heterocycles. The molecule has 8 nitrogen and oxygen atoms in total. The Morgan fingerprint density at radius 2 is 2.24 bits per heavy atom. The number of ether oxygens (including phenoxy) is 1. The van der Waals surface area contributed by atoms with Gasteiger partial charge >= 0.3 is 6.03 Å². The maximum atomic E-state index is 12.3. The Hall–Kier alpha value is -2.55. The number of carbonyl (C=O) groups excluding carboxylic acids is 2. The van der Waals surface area contributed by atoms with Gasteiger partial charge in [0, 0.05) is 13.1 Å². The molecule has 0 spiro atoms. The van der Waals surface area contributed by atoms with E-state index < -0.39 is 5.25 Å². The van der Waals surface area contributed by atoms with Gasteiger partial charge in [-0.1, -0.05) is 30.0 Å². The summed E-state index contributed by atoms with van der Waals surface area (Å²) in [6.07, 6.45) is 0. The molecule has 9 heteroatoms. The summed E-state index contributed by atoms with van der Waals surface area (Å²) in [4.78, 5) is 29.4. The van der Waals surface area contributed by atoms with Crippen LogP contribution in [0.1, 0.15) is 18.3 Å². The van der Waals surface area contributed by atoms with Gasteiger partial charge in [-0.25, -0.2) is 9.78 Å². The molecular formula is C16H19N5O3S. The molecule has 1 fully saturated rings. The number of hydrogen-bond donors (Lipinski definition) is 2. The molecule has 25 heavy (non-hydrogen) atoms. The fourth-order valence-electron chi connectivity index (χ4n) is 2.37. The summed E-state index contributed by atoms with van der Waals surface area (Å²) in [5.74, 6) is 1.11. The molecular weight excluding hydrogens is 342 g/mol. The molecule has 1 aliphatic rings. The van der Waals surface area contributed by atoms with Crippen molar-refractivity contribution in [1.29, 1.82) is 0 Å². The molecule has 0 saturated carbocycles. The zero-order valence-corrected chi connectivity index (χ0v) is 14.8. The van der Waals surface area contributed by atoms with Crippen LogP contribution in [0.25, 0.3) is 0 Å². The van der Waals surface area contributed by atoms with Crippen LogP contribution < -0.4 is 10.1 Å². The van der Waals surface area contributed by atoms with Gasteiger partial charge in [0.25, 0.3) is 0 Å². The highest BCUT2D eigenvalue weighted by Gasteiger charge is 2.30. The van der Waals surface area contributed by atoms with Crippen molar-refractivity contribution in [2.75, 3.05) is 13.1 Å². The standard InChI is InChI=1S/C16H19N5O3S/c1-10-5-3-4-6-12(10)24-9-13-18-15(20-19-13)25-11(2)14(22)21-8-7-17-16(21)23/h3-6,11H,7-9H2,1-2H3,(H,17,23)(H,18,19,20)/t11-/m1/s1. The molecule has 1 saturated heterocycles. The van der Waals surface area contributed by atoms with Gasteiger partial charge in [0.2, 0.25) is 11.1 Å². The van der Waals surface area contributed by atoms with Crippen molar-refractivity contribution in [2.24, 2.45) is 0 Å². The lowest BCUT2D eigenvalue weighted by atomic mass is 10.2. The SMILES string of the molecule is Cc1ccccc1OCc1nc(S[C@H](C)C(=O)N2CCNC2=O)n[nH]1. The predicted octanol–water partition coefficient (Wildman–Crippen LogP) is 1.72. The van der Waals surface area contributed by atoms with Crippen molar-refractivity contribution >= 4 is 23.7 Å². The van der Waals surface area contributed by atoms with E-state index >= 15 is 0 Å². The number of aromatic amines is 1. The van der Waals surface area contributed by atoms with E-state index in [1.165, 1.54) is 16.7 Å². The van der Waals surface area contributed by atoms with Crippen molar-refractivity contribution in [3.63, 3.8) is 0 Å². The molecule has 3 amide bonds. The molecule has 1 aromatic heterocycles. The Balaban J connectivity index is 1.55. The molecule has 0 aliphatic carbocycles. The average Bonchev–Trinajstić information content (AvgIpc) is 3.22. The number of amides is 3. The van der Waals surface area contributed by atoms with Gasteiger partial charge in [-0.2, -0.15) is 0 Å². The van der Waals surface area contributed by atoms with E-state index in [2.05, 4.69) is 20.5 Å². The topological polar surface area (TPSA) is 100 Å². The fourth-order valence-corrected chi connectivity index (χ4v) is 3.17. The van der Waals surface area contributed by atoms with Gasteiger partial charge in [0.1, 0.15) is 12.4 Å². The first-order valence-corrected chi connectivity index (χ1v) is 8.78. The molecule has 2 heterocycles. The summed E-state index contributed by atoms with van der Waals surface area (Å²) in [6.45, 7) is 4.85. The van der Waals surface area contributed by atoms with E-state index in [0.29, 0.717) is 24.1 Å². The minimum absolute atomic E-state index is 0.248. The zero-order valence-electron chi connectivity index (χ0n) is 14.0. The van der Waals surface area contributed by atoms with Crippen LogP contribution >= 0.6 is 11.8 Å². The highest BCUT2D eigenvalue weighted by Crippen LogP contribution is 2.22. The second-order valence-electron chi connectivity index (χ2n) is 5.60. The number of benzene rings is 1. The third-order valence-corrected chi connectivity index (χ3v) is 4.67. The lowest BCUT2D eigenvalue weighted by Crippen LogP contribution is -2.38. The van der Waals surface area contributed by atoms with Crippen LogP contribution in [0.4, 0.5) is 4.79 Å². The van der Waals surface area contributed by atoms with Crippen molar-refractivity contribution in [3.8, 4) is 5.75 Å². The Kier molecular flexibility index (Phi) is 5.22. The number of hydrogen-bond acceptors (Lipinski definition) is 6. The van der Waals surface area contributed by atoms with E-state index in [1.807, 2.05) is 31.2 Å². The molecule has 1 atom stereocenters. The highest BCUT2D eigenvalue weighted by molar-refractivity contribution is 8.00. The number of aromatic nitrogens is 3. The number of aryl methyl sites for hydroxylation is 1. The second-order valence-corrected chi connectivity index (χ2v) is 6.91. The largest absolute Gasteiger partial charge is 0.485 e. The Bertz CT molecular complexity index is 779. The van der Waals surface area contributed by atoms with Gasteiger partial charge in [-0.15, -0.1) is 5.10 Å². The number of nitrogens with zero attached hydrogens (tertiary/aromatic N) is 3. The van der Waals surface area contributed by atoms with E-state index in [4.69, 9.17) is 4.74 Å². The lowest BCUT2D eigenvalue weighted by Gasteiger charge is -2.15. The van der Waals surface area contributed by atoms with Crippen LogP contribution in [0.5, 0.6) is 5.75 Å². The third kappa shape index (κ3) is 4.11. The number of carbonyl (C=O) groups is 2. The molecule has 1 aromatic carbocycles. The quantitative estimate of drug-likeness (QED) is 0.760. The molecule has 0 radical (unpaired) electrons. The number of imide groups is 1. The smallest absolute Gasteiger partial charge is 0.324 e. The molecule has 132 valence electrons. The van der Waals surface area contributed by atoms with Crippen LogP contribution in [-0.2, 0) is 11.4 Å². The van der Waals surface area contributed by atoms with Gasteiger partial charge in [-0.05, 0) is 25.5 Å². The Morgan fingerprint density at radius 3 is 2.96 bits per heavy atom. The molecule has 0 unspecified atom stereocenters. The first-order valence-electron chi connectivity index (χ1n) is 7.90. The minimum Gasteiger partial charge on any atom is -0.485 e. The number of thioether (sulfide) groups is 1. The van der Waals surface area contributed by atoms with Gasteiger partial charge in [0.15, 0.2) is 5.82 Å². The van der Waals surface area contributed by atoms with E-state index in [-0.39, 0.29) is 18.5 Å². The maximum absolute atomic E-state index is 12.3. The third-order valence-electron chi connectivity index (χ3n) is 3.72. The van der Waals surface area contributed by atoms with Gasteiger partial charge in [-0.3, -0.25) is 14.8 Å². The van der Waals surface area contributed by atoms with Crippen LogP contribution in [0.3, 0.4) is 0 Å². The normalized spacial score (nSPS) is 15.1. The number of para-hydroxylation sites is 1. The van der Waals surface area contributed by atoms with Gasteiger partial charge < -0.3 is 10.1 Å². The summed E-state index contributed by atoms with van der Waals surface area (Å²) >= 11 is 1.21. The molecule has 2 aromatic rings. The van der Waals surface area contributed by atoms with E-state index in [9.17, 15) is 9.59 Å². The maximum Gasteiger partial charge on any atom is 0.324 e. The second kappa shape index (κ2) is 7.56. The monoisotopic (exact) mass is 361 g/mol. The lowest BCUT2D eigenvalue weighted by molar-refractivity contribution is -0.126. The van der Waals surface area contributed by atoms with E-state index in [0.717, 1.165) is 11.3 Å². The van der Waals surface area contributed by atoms with Gasteiger partial charge in [0.05, 0.1) is 5.25 Å². The number of H-pyrrole nitrogens is 1. The molecule has 0 bridgehead atoms. The fraction of sp³-hybridized carbons (Fsp3) is 0.375. The first-order chi connectivity index (χ1) is 12.0. The number of urea groups is 1. The Labute approximate surface area is 149 Å². The van der Waals surface area contributed by atoms with Crippen LogP contribution in [0.2, 0.25) is 0 Å². The number of rotatable bonds is 6. The summed E-state index contributed by atoms with van der Waals surface area (Å²) in [5.41, 5.74) is 1.04. The predicted molar refractivity (Wildman–Crippen MR) is 92.3 cm³/mol. The highest BCUT2D eigenvalue weighted by atomic mass is 32.2. The summed E-state index contributed by atoms with van der Waals surface area (Å²) in [5, 5.41) is 9.51. The first kappa shape index (κ1) is 17.3. The molecule has 2 N–H and O–H groups in total. The van der Waals surface area contributed by atoms with Crippen molar-refractivity contribution in [3.05, 3.63) is 35.7 Å². The summed E-state index contributed by atoms with van der Waals surface area (Å²) in [7, 11) is 0. The zero-order chi connectivity index (χ0) is 17.8. The van der Waals surface area contributed by atoms with Crippen molar-refractivity contribution in [1.82, 2.24) is 25.4 Å².